The Bertz CT molecular complexity index is 1260. The van der Waals surface area contributed by atoms with Crippen LogP contribution in [0.3, 0.4) is 0 Å². The maximum atomic E-state index is 13.1. The molecule has 0 atom stereocenters. The number of fused-ring (bicyclic) bond motifs is 2. The summed E-state index contributed by atoms with van der Waals surface area (Å²) in [7, 11) is 0. The predicted octanol–water partition coefficient (Wildman–Crippen LogP) is 3.50. The minimum atomic E-state index is -0.114. The standard InChI is InChI=1S/C23H20N4O4/c28-23-19-13-17(29-11-9-26-7-5-24-15-26)1-3-21(19)31-22-4-2-18(14-20(22)23)30-12-10-27-8-6-25-16-27/h1-8,13-16H,9-12H2. The van der Waals surface area contributed by atoms with Crippen LogP contribution in [0.25, 0.3) is 21.9 Å². The highest BCUT2D eigenvalue weighted by molar-refractivity contribution is 5.90. The molecule has 0 saturated heterocycles. The Morgan fingerprint density at radius 2 is 1.29 bits per heavy atom. The van der Waals surface area contributed by atoms with Crippen molar-refractivity contribution in [1.29, 1.82) is 0 Å². The van der Waals surface area contributed by atoms with Gasteiger partial charge in [-0.05, 0) is 36.4 Å². The van der Waals surface area contributed by atoms with Gasteiger partial charge in [0.05, 0.1) is 36.5 Å². The van der Waals surface area contributed by atoms with Crippen LogP contribution in [0.5, 0.6) is 11.5 Å². The number of benzene rings is 2. The Labute approximate surface area is 177 Å². The van der Waals surface area contributed by atoms with E-state index in [0.29, 0.717) is 59.7 Å². The maximum absolute atomic E-state index is 13.1. The highest BCUT2D eigenvalue weighted by atomic mass is 16.5. The van der Waals surface area contributed by atoms with Crippen LogP contribution in [-0.2, 0) is 13.1 Å². The average molecular weight is 416 g/mol. The van der Waals surface area contributed by atoms with Crippen molar-refractivity contribution in [3.63, 3.8) is 0 Å². The van der Waals surface area contributed by atoms with Crippen LogP contribution in [0.15, 0.2) is 83.1 Å². The van der Waals surface area contributed by atoms with Crippen molar-refractivity contribution >= 4 is 21.9 Å². The van der Waals surface area contributed by atoms with E-state index in [-0.39, 0.29) is 5.43 Å². The van der Waals surface area contributed by atoms with E-state index < -0.39 is 0 Å². The van der Waals surface area contributed by atoms with E-state index in [1.54, 1.807) is 61.4 Å². The van der Waals surface area contributed by atoms with Crippen molar-refractivity contribution in [2.75, 3.05) is 13.2 Å². The first kappa shape index (κ1) is 18.9. The third-order valence-corrected chi connectivity index (χ3v) is 4.97. The summed E-state index contributed by atoms with van der Waals surface area (Å²) in [6.45, 7) is 2.28. The number of rotatable bonds is 8. The molecule has 31 heavy (non-hydrogen) atoms. The van der Waals surface area contributed by atoms with Crippen LogP contribution in [0.1, 0.15) is 0 Å². The molecule has 0 aliphatic carbocycles. The van der Waals surface area contributed by atoms with Crippen LogP contribution in [-0.4, -0.2) is 32.3 Å². The lowest BCUT2D eigenvalue weighted by molar-refractivity contribution is 0.298. The normalized spacial score (nSPS) is 11.2. The summed E-state index contributed by atoms with van der Waals surface area (Å²) in [4.78, 5) is 21.1. The predicted molar refractivity (Wildman–Crippen MR) is 115 cm³/mol. The number of hydrogen-bond acceptors (Lipinski definition) is 6. The van der Waals surface area contributed by atoms with Gasteiger partial charge in [-0.25, -0.2) is 9.97 Å². The van der Waals surface area contributed by atoms with Gasteiger partial charge >= 0.3 is 0 Å². The Kier molecular flexibility index (Phi) is 5.10. The van der Waals surface area contributed by atoms with E-state index in [1.165, 1.54) is 0 Å². The number of hydrogen-bond donors (Lipinski definition) is 0. The number of ether oxygens (including phenoxy) is 2. The Morgan fingerprint density at radius 1 is 0.774 bits per heavy atom. The van der Waals surface area contributed by atoms with Gasteiger partial charge in [-0.15, -0.1) is 0 Å². The lowest BCUT2D eigenvalue weighted by Crippen LogP contribution is -2.08. The number of imidazole rings is 2. The summed E-state index contributed by atoms with van der Waals surface area (Å²) in [6.07, 6.45) is 10.7. The molecule has 0 unspecified atom stereocenters. The second-order valence-electron chi connectivity index (χ2n) is 7.05. The summed E-state index contributed by atoms with van der Waals surface area (Å²) >= 11 is 0. The minimum absolute atomic E-state index is 0.114. The van der Waals surface area contributed by atoms with Gasteiger partial charge < -0.3 is 23.0 Å². The maximum Gasteiger partial charge on any atom is 0.200 e. The molecule has 0 aliphatic rings. The quantitative estimate of drug-likeness (QED) is 0.360. The summed E-state index contributed by atoms with van der Waals surface area (Å²) < 4.78 is 21.4. The van der Waals surface area contributed by atoms with Gasteiger partial charge in [0.15, 0.2) is 0 Å². The van der Waals surface area contributed by atoms with Gasteiger partial charge in [-0.2, -0.15) is 0 Å². The van der Waals surface area contributed by atoms with Gasteiger partial charge in [-0.1, -0.05) is 0 Å². The molecule has 0 bridgehead atoms. The molecule has 0 amide bonds. The molecule has 3 heterocycles. The van der Waals surface area contributed by atoms with Crippen molar-refractivity contribution in [3.05, 3.63) is 84.1 Å². The van der Waals surface area contributed by atoms with E-state index in [0.717, 1.165) is 0 Å². The average Bonchev–Trinajstić information content (AvgIpc) is 3.49. The van der Waals surface area contributed by atoms with E-state index in [9.17, 15) is 4.79 Å². The molecule has 0 fully saturated rings. The Hall–Kier alpha value is -4.07. The van der Waals surface area contributed by atoms with E-state index in [1.807, 2.05) is 21.5 Å². The highest BCUT2D eigenvalue weighted by Crippen LogP contribution is 2.25. The summed E-state index contributed by atoms with van der Waals surface area (Å²) in [5.74, 6) is 1.24. The van der Waals surface area contributed by atoms with Crippen molar-refractivity contribution in [1.82, 2.24) is 19.1 Å². The van der Waals surface area contributed by atoms with E-state index in [2.05, 4.69) is 9.97 Å². The second kappa shape index (κ2) is 8.35. The zero-order valence-corrected chi connectivity index (χ0v) is 16.7. The third kappa shape index (κ3) is 4.13. The summed E-state index contributed by atoms with van der Waals surface area (Å²) in [5, 5.41) is 0.950. The first-order chi connectivity index (χ1) is 15.3. The third-order valence-electron chi connectivity index (χ3n) is 4.97. The van der Waals surface area contributed by atoms with Crippen molar-refractivity contribution in [2.45, 2.75) is 13.1 Å². The summed E-state index contributed by atoms with van der Waals surface area (Å²) in [6, 6.07) is 10.6. The molecule has 8 heteroatoms. The highest BCUT2D eigenvalue weighted by Gasteiger charge is 2.10. The lowest BCUT2D eigenvalue weighted by atomic mass is 10.1. The minimum Gasteiger partial charge on any atom is -0.492 e. The van der Waals surface area contributed by atoms with E-state index >= 15 is 0 Å². The topological polar surface area (TPSA) is 84.3 Å². The molecular weight excluding hydrogens is 396 g/mol. The van der Waals surface area contributed by atoms with Crippen LogP contribution in [0, 0.1) is 0 Å². The monoisotopic (exact) mass is 416 g/mol. The molecule has 5 rings (SSSR count). The number of aromatic nitrogens is 4. The molecule has 156 valence electrons. The molecule has 0 saturated carbocycles. The SMILES string of the molecule is O=c1c2cc(OCCn3ccnc3)ccc2oc2ccc(OCCn3ccnc3)cc12. The fourth-order valence-electron chi connectivity index (χ4n) is 3.37. The first-order valence-corrected chi connectivity index (χ1v) is 9.94. The van der Waals surface area contributed by atoms with Gasteiger partial charge in [0, 0.05) is 24.8 Å². The fraction of sp³-hybridized carbons (Fsp3) is 0.174. The molecule has 0 aliphatic heterocycles. The smallest absolute Gasteiger partial charge is 0.200 e. The number of nitrogens with zero attached hydrogens (tertiary/aromatic N) is 4. The van der Waals surface area contributed by atoms with Crippen molar-refractivity contribution < 1.29 is 13.9 Å². The fourth-order valence-corrected chi connectivity index (χ4v) is 3.37. The van der Waals surface area contributed by atoms with Crippen molar-refractivity contribution in [3.8, 4) is 11.5 Å². The zero-order chi connectivity index (χ0) is 21.0. The lowest BCUT2D eigenvalue weighted by Gasteiger charge is -2.09. The van der Waals surface area contributed by atoms with Gasteiger partial charge in [0.1, 0.15) is 35.9 Å². The molecule has 0 spiro atoms. The molecule has 0 N–H and O–H groups in total. The van der Waals surface area contributed by atoms with Crippen LogP contribution in [0.2, 0.25) is 0 Å². The van der Waals surface area contributed by atoms with Gasteiger partial charge in [0.2, 0.25) is 5.43 Å². The largest absolute Gasteiger partial charge is 0.492 e. The summed E-state index contributed by atoms with van der Waals surface area (Å²) in [5.41, 5.74) is 0.929. The second-order valence-corrected chi connectivity index (χ2v) is 7.05. The molecule has 8 nitrogen and oxygen atoms in total. The van der Waals surface area contributed by atoms with Gasteiger partial charge in [-0.3, -0.25) is 4.79 Å². The molecular formula is C23H20N4O4. The van der Waals surface area contributed by atoms with Crippen LogP contribution >= 0.6 is 0 Å². The molecule has 5 aromatic rings. The van der Waals surface area contributed by atoms with E-state index in [4.69, 9.17) is 13.9 Å². The van der Waals surface area contributed by atoms with Crippen LogP contribution < -0.4 is 14.9 Å². The van der Waals surface area contributed by atoms with Crippen LogP contribution in [0.4, 0.5) is 0 Å². The van der Waals surface area contributed by atoms with Gasteiger partial charge in [0.25, 0.3) is 0 Å². The first-order valence-electron chi connectivity index (χ1n) is 9.94. The Balaban J connectivity index is 1.36. The zero-order valence-electron chi connectivity index (χ0n) is 16.7. The van der Waals surface area contributed by atoms with Crippen molar-refractivity contribution in [2.24, 2.45) is 0 Å². The Morgan fingerprint density at radius 3 is 1.74 bits per heavy atom. The molecule has 3 aromatic heterocycles. The molecule has 2 aromatic carbocycles. The molecule has 0 radical (unpaired) electrons.